The van der Waals surface area contributed by atoms with Crippen molar-refractivity contribution in [3.05, 3.63) is 51.9 Å². The zero-order valence-corrected chi connectivity index (χ0v) is 15.0. The van der Waals surface area contributed by atoms with E-state index in [9.17, 15) is 9.59 Å². The van der Waals surface area contributed by atoms with Gasteiger partial charge in [0, 0.05) is 18.1 Å². The number of amides is 1. The summed E-state index contributed by atoms with van der Waals surface area (Å²) in [7, 11) is 0. The topological polar surface area (TPSA) is 82.9 Å². The molecule has 0 spiro atoms. The number of hydrogen-bond acceptors (Lipinski definition) is 6. The van der Waals surface area contributed by atoms with Crippen molar-refractivity contribution in [3.8, 4) is 0 Å². The smallest absolute Gasteiger partial charge is 0.335 e. The van der Waals surface area contributed by atoms with Gasteiger partial charge in [0.1, 0.15) is 0 Å². The molecular weight excluding hydrogens is 358 g/mol. The molecule has 1 aliphatic heterocycles. The predicted molar refractivity (Wildman–Crippen MR) is 100 cm³/mol. The summed E-state index contributed by atoms with van der Waals surface area (Å²) in [6.45, 7) is 2.59. The van der Waals surface area contributed by atoms with E-state index in [0.717, 1.165) is 12.0 Å². The first-order chi connectivity index (χ1) is 12.1. The minimum Gasteiger partial charge on any atom is -0.478 e. The molecule has 0 radical (unpaired) electrons. The van der Waals surface area contributed by atoms with Crippen molar-refractivity contribution in [1.29, 1.82) is 0 Å². The van der Waals surface area contributed by atoms with Gasteiger partial charge in [-0.1, -0.05) is 19.1 Å². The molecule has 8 heteroatoms. The van der Waals surface area contributed by atoms with Crippen LogP contribution in [0.3, 0.4) is 0 Å². The summed E-state index contributed by atoms with van der Waals surface area (Å²) in [5, 5.41) is 12.0. The Morgan fingerprint density at radius 3 is 2.72 bits per heavy atom. The average Bonchev–Trinajstić information content (AvgIpc) is 3.20. The fourth-order valence-corrected chi connectivity index (χ4v) is 3.81. The number of carbonyl (C=O) groups is 2. The average molecular weight is 373 g/mol. The second-order valence-corrected chi connectivity index (χ2v) is 7.09. The van der Waals surface area contributed by atoms with Crippen molar-refractivity contribution in [1.82, 2.24) is 9.88 Å². The maximum atomic E-state index is 12.7. The zero-order valence-electron chi connectivity index (χ0n) is 13.4. The first-order valence-electron chi connectivity index (χ1n) is 7.61. The molecule has 1 aliphatic rings. The van der Waals surface area contributed by atoms with Crippen LogP contribution >= 0.6 is 23.1 Å². The number of amidine groups is 1. The minimum atomic E-state index is -0.975. The van der Waals surface area contributed by atoms with Crippen LogP contribution in [-0.4, -0.2) is 38.6 Å². The highest BCUT2D eigenvalue weighted by molar-refractivity contribution is 8.18. The second-order valence-electron chi connectivity index (χ2n) is 5.20. The van der Waals surface area contributed by atoms with Crippen molar-refractivity contribution < 1.29 is 14.7 Å². The third-order valence-corrected chi connectivity index (χ3v) is 5.07. The van der Waals surface area contributed by atoms with Gasteiger partial charge < -0.3 is 5.11 Å². The highest BCUT2D eigenvalue weighted by atomic mass is 32.2. The molecule has 1 aromatic carbocycles. The lowest BCUT2D eigenvalue weighted by molar-refractivity contribution is -0.122. The minimum absolute atomic E-state index is 0.0931. The highest BCUT2D eigenvalue weighted by Gasteiger charge is 2.32. The molecule has 25 heavy (non-hydrogen) atoms. The molecule has 1 amide bonds. The van der Waals surface area contributed by atoms with Crippen LogP contribution in [0, 0.1) is 0 Å². The third kappa shape index (κ3) is 3.97. The monoisotopic (exact) mass is 373 g/mol. The molecule has 1 N–H and O–H groups in total. The molecule has 2 aromatic rings. The summed E-state index contributed by atoms with van der Waals surface area (Å²) < 4.78 is 0. The normalized spacial score (nSPS) is 17.6. The number of carboxylic acids is 1. The number of aliphatic imine (C=N–C) groups is 1. The maximum Gasteiger partial charge on any atom is 0.335 e. The third-order valence-electron chi connectivity index (χ3n) is 3.40. The summed E-state index contributed by atoms with van der Waals surface area (Å²) in [4.78, 5) is 34.4. The van der Waals surface area contributed by atoms with Crippen LogP contribution in [0.5, 0.6) is 0 Å². The van der Waals surface area contributed by atoms with Crippen molar-refractivity contribution >= 4 is 51.4 Å². The molecule has 0 unspecified atom stereocenters. The lowest BCUT2D eigenvalue weighted by atomic mass is 10.1. The first-order valence-corrected chi connectivity index (χ1v) is 9.31. The number of aromatic carboxylic acids is 1. The van der Waals surface area contributed by atoms with Crippen molar-refractivity contribution in [2.45, 2.75) is 13.3 Å². The van der Waals surface area contributed by atoms with Crippen molar-refractivity contribution in [2.24, 2.45) is 4.99 Å². The molecule has 2 heterocycles. The number of aromatic nitrogens is 1. The molecule has 0 aliphatic carbocycles. The number of thioether (sulfide) groups is 1. The van der Waals surface area contributed by atoms with E-state index in [1.54, 1.807) is 29.3 Å². The van der Waals surface area contributed by atoms with Crippen LogP contribution in [0.25, 0.3) is 6.08 Å². The summed E-state index contributed by atoms with van der Waals surface area (Å²) >= 11 is 2.72. The van der Waals surface area contributed by atoms with Gasteiger partial charge in [-0.2, -0.15) is 4.99 Å². The first kappa shape index (κ1) is 17.4. The molecule has 128 valence electrons. The van der Waals surface area contributed by atoms with Gasteiger partial charge in [0.2, 0.25) is 5.13 Å². The number of nitrogens with zero attached hydrogens (tertiary/aromatic N) is 3. The number of carbonyl (C=O) groups excluding carboxylic acids is 1. The van der Waals surface area contributed by atoms with Crippen LogP contribution in [0.2, 0.25) is 0 Å². The number of rotatable bonds is 5. The Bertz CT molecular complexity index is 843. The van der Waals surface area contributed by atoms with E-state index in [4.69, 9.17) is 5.11 Å². The van der Waals surface area contributed by atoms with Crippen molar-refractivity contribution in [2.75, 3.05) is 6.54 Å². The summed E-state index contributed by atoms with van der Waals surface area (Å²) in [6.07, 6.45) is 4.26. The van der Waals surface area contributed by atoms with Crippen LogP contribution in [-0.2, 0) is 4.79 Å². The molecule has 1 fully saturated rings. The van der Waals surface area contributed by atoms with Gasteiger partial charge in [0.05, 0.1) is 10.5 Å². The molecule has 1 aromatic heterocycles. The van der Waals surface area contributed by atoms with E-state index >= 15 is 0 Å². The van der Waals surface area contributed by atoms with Gasteiger partial charge in [-0.05, 0) is 42.0 Å². The lowest BCUT2D eigenvalue weighted by Crippen LogP contribution is -2.29. The van der Waals surface area contributed by atoms with E-state index in [2.05, 4.69) is 9.98 Å². The van der Waals surface area contributed by atoms with E-state index in [1.165, 1.54) is 35.2 Å². The summed E-state index contributed by atoms with van der Waals surface area (Å²) in [5.41, 5.74) is 0.985. The van der Waals surface area contributed by atoms with Crippen molar-refractivity contribution in [3.63, 3.8) is 0 Å². The van der Waals surface area contributed by atoms with E-state index in [0.29, 0.717) is 21.7 Å². The van der Waals surface area contributed by atoms with E-state index < -0.39 is 5.97 Å². The Morgan fingerprint density at radius 2 is 2.12 bits per heavy atom. The van der Waals surface area contributed by atoms with Gasteiger partial charge in [-0.25, -0.2) is 9.78 Å². The van der Waals surface area contributed by atoms with E-state index in [-0.39, 0.29) is 11.5 Å². The van der Waals surface area contributed by atoms with Gasteiger partial charge in [-0.3, -0.25) is 9.69 Å². The number of hydrogen-bond donors (Lipinski definition) is 1. The second kappa shape index (κ2) is 7.62. The number of carboxylic acid groups (broad SMARTS) is 1. The quantitative estimate of drug-likeness (QED) is 0.805. The number of thiazole rings is 1. The Balaban J connectivity index is 1.89. The molecule has 0 atom stereocenters. The summed E-state index contributed by atoms with van der Waals surface area (Å²) in [6, 6.07) is 6.41. The maximum absolute atomic E-state index is 12.7. The van der Waals surface area contributed by atoms with Gasteiger partial charge >= 0.3 is 5.97 Å². The lowest BCUT2D eigenvalue weighted by Gasteiger charge is -2.13. The van der Waals surface area contributed by atoms with Gasteiger partial charge in [0.25, 0.3) is 5.91 Å². The fraction of sp³-hybridized carbons (Fsp3) is 0.176. The molecule has 6 nitrogen and oxygen atoms in total. The molecular formula is C17H15N3O3S2. The molecule has 1 saturated heterocycles. The Labute approximate surface area is 152 Å². The zero-order chi connectivity index (χ0) is 17.8. The van der Waals surface area contributed by atoms with Crippen LogP contribution in [0.15, 0.2) is 45.7 Å². The summed E-state index contributed by atoms with van der Waals surface area (Å²) in [5.74, 6) is -1.07. The van der Waals surface area contributed by atoms with E-state index in [1.807, 2.05) is 12.3 Å². The van der Waals surface area contributed by atoms with Gasteiger partial charge in [0.15, 0.2) is 5.17 Å². The Morgan fingerprint density at radius 1 is 1.36 bits per heavy atom. The Hall–Kier alpha value is -2.45. The standard InChI is InChI=1S/C17H15N3O3S2/c1-2-8-20-14(21)13(25-17(20)19-16-18-7-9-24-16)10-11-3-5-12(6-4-11)15(22)23/h3-7,9-10H,2,8H2,1H3,(H,22,23)/b13-10+,19-17+. The molecule has 0 saturated carbocycles. The largest absolute Gasteiger partial charge is 0.478 e. The van der Waals surface area contributed by atoms with Crippen LogP contribution in [0.4, 0.5) is 5.13 Å². The fourth-order valence-electron chi connectivity index (χ4n) is 2.24. The van der Waals surface area contributed by atoms with Crippen LogP contribution in [0.1, 0.15) is 29.3 Å². The van der Waals surface area contributed by atoms with Crippen LogP contribution < -0.4 is 0 Å². The number of benzene rings is 1. The predicted octanol–water partition coefficient (Wildman–Crippen LogP) is 3.86. The molecule has 3 rings (SSSR count). The highest BCUT2D eigenvalue weighted by Crippen LogP contribution is 2.34. The SMILES string of the molecule is CCCN1C(=O)/C(=C\c2ccc(C(=O)O)cc2)S/C1=N/c1nccs1. The molecule has 0 bridgehead atoms. The van der Waals surface area contributed by atoms with Gasteiger partial charge in [-0.15, -0.1) is 11.3 Å². The Kier molecular flexibility index (Phi) is 5.30.